The van der Waals surface area contributed by atoms with E-state index in [1.165, 1.54) is 4.18 Å². The first-order chi connectivity index (χ1) is 14.2. The van der Waals surface area contributed by atoms with Crippen molar-refractivity contribution in [2.75, 3.05) is 0 Å². The lowest BCUT2D eigenvalue weighted by atomic mass is 9.83. The van der Waals surface area contributed by atoms with Gasteiger partial charge in [0.25, 0.3) is 0 Å². The second-order valence-corrected chi connectivity index (χ2v) is 6.99. The highest BCUT2D eigenvalue weighted by Crippen LogP contribution is 2.68. The lowest BCUT2D eigenvalue weighted by Crippen LogP contribution is -2.71. The van der Waals surface area contributed by atoms with Crippen molar-refractivity contribution in [2.45, 2.75) is 48.3 Å². The molecule has 0 unspecified atom stereocenters. The lowest BCUT2D eigenvalue weighted by molar-refractivity contribution is -0.558. The van der Waals surface area contributed by atoms with Crippen LogP contribution in [0.3, 0.4) is 0 Å². The van der Waals surface area contributed by atoms with Crippen molar-refractivity contribution in [1.29, 1.82) is 0 Å². The molecule has 0 heterocycles. The van der Waals surface area contributed by atoms with Crippen molar-refractivity contribution < 1.29 is 105 Å². The van der Waals surface area contributed by atoms with Gasteiger partial charge in [0.1, 0.15) is 0 Å². The number of halogens is 20. The molecule has 0 radical (unpaired) electrons. The molecule has 0 amide bonds. The van der Waals surface area contributed by atoms with Gasteiger partial charge >= 0.3 is 63.8 Å². The van der Waals surface area contributed by atoms with Gasteiger partial charge in [0.05, 0.1) is 0 Å². The zero-order valence-electron chi connectivity index (χ0n) is 14.1. The van der Waals surface area contributed by atoms with E-state index < -0.39 is 63.8 Å². The summed E-state index contributed by atoms with van der Waals surface area (Å²) in [4.78, 5) is 0. The number of hydrogen-bond donors (Lipinski definition) is 0. The number of ether oxygens (including phenoxy) is 1. The van der Waals surface area contributed by atoms with Crippen LogP contribution in [-0.4, -0.2) is 56.7 Å². The molecule has 25 heteroatoms. The zero-order chi connectivity index (χ0) is 28.4. The van der Waals surface area contributed by atoms with E-state index in [-0.39, 0.29) is 0 Å². The molecule has 0 fully saturated rings. The van der Waals surface area contributed by atoms with Crippen molar-refractivity contribution >= 4 is 10.1 Å². The Hall–Kier alpha value is -1.53. The van der Waals surface area contributed by atoms with E-state index in [0.29, 0.717) is 0 Å². The highest BCUT2D eigenvalue weighted by atomic mass is 32.2. The van der Waals surface area contributed by atoms with Gasteiger partial charge in [-0.3, -0.25) is 0 Å². The molecule has 0 aliphatic rings. The molecule has 0 saturated carbocycles. The van der Waals surface area contributed by atoms with Gasteiger partial charge in [-0.15, -0.1) is 0 Å². The Morgan fingerprint density at radius 2 is 0.735 bits per heavy atom. The standard InChI is InChI=1S/C9F20O4S/c10-2(11,8(25,26)33-34(30,31)9(27,28)29)7(23,24)32-6(21,22)1(3(12,13)14,4(15,16)17)5(18,19)20. The van der Waals surface area contributed by atoms with Crippen LogP contribution in [-0.2, 0) is 19.0 Å². The number of hydrogen-bond acceptors (Lipinski definition) is 4. The van der Waals surface area contributed by atoms with Crippen molar-refractivity contribution in [3.63, 3.8) is 0 Å². The maximum atomic E-state index is 13.4. The first-order valence-electron chi connectivity index (χ1n) is 6.60. The molecular weight excluding hydrogens is 584 g/mol. The molecule has 0 rings (SSSR count). The summed E-state index contributed by atoms with van der Waals surface area (Å²) in [6, 6.07) is 0. The average Bonchev–Trinajstić information content (AvgIpc) is 2.37. The second-order valence-electron chi connectivity index (χ2n) is 5.45. The lowest BCUT2D eigenvalue weighted by Gasteiger charge is -2.44. The van der Waals surface area contributed by atoms with E-state index in [1.807, 2.05) is 0 Å². The van der Waals surface area contributed by atoms with Crippen LogP contribution < -0.4 is 0 Å². The molecule has 0 saturated heterocycles. The van der Waals surface area contributed by atoms with E-state index in [1.54, 1.807) is 0 Å². The Balaban J connectivity index is 6.90. The Morgan fingerprint density at radius 3 is 0.971 bits per heavy atom. The quantitative estimate of drug-likeness (QED) is 0.211. The SMILES string of the molecule is O=S(=O)(OC(F)(F)C(F)(F)C(F)(F)OC(F)(F)C(C(F)(F)F)(C(F)(F)F)C(F)(F)F)C(F)(F)F. The van der Waals surface area contributed by atoms with Gasteiger partial charge in [-0.05, 0) is 0 Å². The predicted octanol–water partition coefficient (Wildman–Crippen LogP) is 5.96. The van der Waals surface area contributed by atoms with Crippen LogP contribution in [0.1, 0.15) is 0 Å². The van der Waals surface area contributed by atoms with Crippen LogP contribution in [0.5, 0.6) is 0 Å². The molecule has 0 aliphatic carbocycles. The molecule has 4 nitrogen and oxygen atoms in total. The van der Waals surface area contributed by atoms with E-state index in [9.17, 15) is 96.2 Å². The third-order valence-electron chi connectivity index (χ3n) is 3.20. The molecule has 0 aromatic carbocycles. The summed E-state index contributed by atoms with van der Waals surface area (Å²) < 4.78 is 276. The average molecular weight is 584 g/mol. The Bertz CT molecular complexity index is 805. The van der Waals surface area contributed by atoms with Crippen molar-refractivity contribution in [3.05, 3.63) is 0 Å². The topological polar surface area (TPSA) is 52.6 Å². The summed E-state index contributed by atoms with van der Waals surface area (Å²) in [5, 5.41) is 0. The van der Waals surface area contributed by atoms with Gasteiger partial charge in [-0.1, -0.05) is 0 Å². The summed E-state index contributed by atoms with van der Waals surface area (Å²) in [6.45, 7) is 0. The Labute approximate surface area is 170 Å². The zero-order valence-corrected chi connectivity index (χ0v) is 14.9. The van der Waals surface area contributed by atoms with Gasteiger partial charge in [0.2, 0.25) is 0 Å². The molecule has 0 bridgehead atoms. The van der Waals surface area contributed by atoms with Gasteiger partial charge in [0, 0.05) is 0 Å². The number of alkyl halides is 20. The first kappa shape index (κ1) is 32.5. The minimum atomic E-state index is -8.83. The fourth-order valence-electron chi connectivity index (χ4n) is 1.69. The monoisotopic (exact) mass is 584 g/mol. The van der Waals surface area contributed by atoms with Crippen LogP contribution in [0, 0.1) is 5.41 Å². The highest BCUT2D eigenvalue weighted by Gasteiger charge is 2.96. The molecule has 34 heavy (non-hydrogen) atoms. The summed E-state index contributed by atoms with van der Waals surface area (Å²) in [7, 11) is -8.09. The summed E-state index contributed by atoms with van der Waals surface area (Å²) in [5.41, 5.74) is -16.0. The Kier molecular flexibility index (Phi) is 7.63. The van der Waals surface area contributed by atoms with E-state index in [4.69, 9.17) is 0 Å². The fraction of sp³-hybridized carbons (Fsp3) is 1.00. The van der Waals surface area contributed by atoms with E-state index >= 15 is 0 Å². The van der Waals surface area contributed by atoms with Gasteiger partial charge < -0.3 is 0 Å². The largest absolute Gasteiger partial charge is 0.523 e. The third kappa shape index (κ3) is 4.90. The molecule has 0 aromatic rings. The maximum absolute atomic E-state index is 13.4. The van der Waals surface area contributed by atoms with E-state index in [2.05, 4.69) is 0 Å². The van der Waals surface area contributed by atoms with E-state index in [0.717, 1.165) is 4.74 Å². The van der Waals surface area contributed by atoms with Crippen molar-refractivity contribution in [3.8, 4) is 0 Å². The summed E-state index contributed by atoms with van der Waals surface area (Å²) in [5.74, 6) is -8.41. The molecule has 0 atom stereocenters. The normalized spacial score (nSPS) is 16.7. The van der Waals surface area contributed by atoms with Crippen molar-refractivity contribution in [1.82, 2.24) is 0 Å². The van der Waals surface area contributed by atoms with Crippen LogP contribution in [0.15, 0.2) is 0 Å². The van der Waals surface area contributed by atoms with Crippen LogP contribution in [0.25, 0.3) is 0 Å². The summed E-state index contributed by atoms with van der Waals surface area (Å²) in [6.07, 6.45) is -50.6. The van der Waals surface area contributed by atoms with Crippen LogP contribution >= 0.6 is 0 Å². The van der Waals surface area contributed by atoms with Gasteiger partial charge in [-0.2, -0.15) is 100 Å². The molecule has 0 aliphatic heterocycles. The molecule has 0 spiro atoms. The minimum Gasteiger partial charge on any atom is -0.249 e. The maximum Gasteiger partial charge on any atom is 0.523 e. The third-order valence-corrected chi connectivity index (χ3v) is 4.19. The van der Waals surface area contributed by atoms with Gasteiger partial charge in [0.15, 0.2) is 0 Å². The molecule has 0 N–H and O–H groups in total. The second kappa shape index (κ2) is 7.99. The van der Waals surface area contributed by atoms with Gasteiger partial charge in [-0.25, -0.2) is 4.74 Å². The van der Waals surface area contributed by atoms with Crippen LogP contribution in [0.2, 0.25) is 0 Å². The fourth-order valence-corrected chi connectivity index (χ4v) is 2.16. The molecule has 0 aromatic heterocycles. The summed E-state index contributed by atoms with van der Waals surface area (Å²) >= 11 is 0. The Morgan fingerprint density at radius 1 is 0.441 bits per heavy atom. The van der Waals surface area contributed by atoms with Crippen molar-refractivity contribution in [2.24, 2.45) is 5.41 Å². The predicted molar refractivity (Wildman–Crippen MR) is 57.5 cm³/mol. The van der Waals surface area contributed by atoms with Crippen LogP contribution in [0.4, 0.5) is 87.8 Å². The first-order valence-corrected chi connectivity index (χ1v) is 8.00. The minimum absolute atomic E-state index is 0.909. The molecule has 206 valence electrons. The highest BCUT2D eigenvalue weighted by molar-refractivity contribution is 7.87. The molecular formula is C9F20O4S. The smallest absolute Gasteiger partial charge is 0.249 e. The number of rotatable bonds is 7.